The van der Waals surface area contributed by atoms with E-state index in [1.54, 1.807) is 24.3 Å². The molecule has 0 saturated heterocycles. The van der Waals surface area contributed by atoms with Crippen LogP contribution in [0, 0.1) is 11.3 Å². The van der Waals surface area contributed by atoms with Crippen LogP contribution in [0.5, 0.6) is 0 Å². The number of hydrogen-bond donors (Lipinski definition) is 0. The van der Waals surface area contributed by atoms with Gasteiger partial charge in [0.25, 0.3) is 5.24 Å². The quantitative estimate of drug-likeness (QED) is 0.625. The van der Waals surface area contributed by atoms with E-state index in [-0.39, 0.29) is 10.7 Å². The molecule has 0 amide bonds. The van der Waals surface area contributed by atoms with Crippen LogP contribution in [-0.2, 0) is 0 Å². The lowest BCUT2D eigenvalue weighted by Crippen LogP contribution is -1.97. The second-order valence-corrected chi connectivity index (χ2v) is 4.06. The van der Waals surface area contributed by atoms with Gasteiger partial charge in [-0.3, -0.25) is 4.79 Å². The highest BCUT2D eigenvalue weighted by atomic mass is 35.5. The van der Waals surface area contributed by atoms with E-state index in [0.717, 1.165) is 0 Å². The van der Waals surface area contributed by atoms with Crippen LogP contribution in [0.1, 0.15) is 15.9 Å². The van der Waals surface area contributed by atoms with Gasteiger partial charge in [-0.1, -0.05) is 11.6 Å². The number of carbonyl (C=O) groups excluding carboxylic acids is 1. The van der Waals surface area contributed by atoms with Gasteiger partial charge < -0.3 is 0 Å². The Bertz CT molecular complexity index is 647. The average Bonchev–Trinajstić information content (AvgIpc) is 2.38. The Hall–Kier alpha value is -1.96. The minimum absolute atomic E-state index is 0.00404. The first kappa shape index (κ1) is 12.5. The molecule has 0 bridgehead atoms. The van der Waals surface area contributed by atoms with Crippen molar-refractivity contribution in [2.75, 3.05) is 0 Å². The Balaban J connectivity index is 2.42. The maximum Gasteiger partial charge on any atom is 0.257 e. The van der Waals surface area contributed by atoms with Crippen LogP contribution in [0.2, 0.25) is 5.15 Å². The summed E-state index contributed by atoms with van der Waals surface area (Å²) in [4.78, 5) is 19.0. The summed E-state index contributed by atoms with van der Waals surface area (Å²) >= 11 is 11.1. The fraction of sp³-hybridized carbons (Fsp3) is 0. The molecular formula is C12H5Cl2N3O. The molecule has 1 aromatic heterocycles. The fourth-order valence-corrected chi connectivity index (χ4v) is 1.73. The molecule has 4 nitrogen and oxygen atoms in total. The van der Waals surface area contributed by atoms with E-state index in [1.807, 2.05) is 6.07 Å². The number of benzene rings is 1. The van der Waals surface area contributed by atoms with Gasteiger partial charge in [-0.05, 0) is 35.9 Å². The van der Waals surface area contributed by atoms with Crippen LogP contribution >= 0.6 is 23.2 Å². The van der Waals surface area contributed by atoms with E-state index >= 15 is 0 Å². The van der Waals surface area contributed by atoms with Crippen molar-refractivity contribution in [1.29, 1.82) is 5.26 Å². The zero-order valence-electron chi connectivity index (χ0n) is 8.89. The summed E-state index contributed by atoms with van der Waals surface area (Å²) in [7, 11) is 0. The molecule has 0 aliphatic carbocycles. The van der Waals surface area contributed by atoms with Crippen LogP contribution < -0.4 is 0 Å². The van der Waals surface area contributed by atoms with E-state index < -0.39 is 5.24 Å². The summed E-state index contributed by atoms with van der Waals surface area (Å²) in [5, 5.41) is 7.99. The Morgan fingerprint density at radius 2 is 1.94 bits per heavy atom. The number of nitrogens with zero attached hydrogens (tertiary/aromatic N) is 3. The SMILES string of the molecule is N#Cc1ccc(-c2ncc(C(=O)Cl)c(Cl)n2)cc1. The van der Waals surface area contributed by atoms with Crippen molar-refractivity contribution in [2.24, 2.45) is 0 Å². The van der Waals surface area contributed by atoms with Crippen molar-refractivity contribution in [1.82, 2.24) is 9.97 Å². The van der Waals surface area contributed by atoms with Gasteiger partial charge in [0.05, 0.1) is 17.2 Å². The van der Waals surface area contributed by atoms with Gasteiger partial charge >= 0.3 is 0 Å². The summed E-state index contributed by atoms with van der Waals surface area (Å²) in [5.41, 5.74) is 1.30. The second-order valence-electron chi connectivity index (χ2n) is 3.36. The van der Waals surface area contributed by atoms with Gasteiger partial charge in [-0.25, -0.2) is 9.97 Å². The number of carbonyl (C=O) groups is 1. The van der Waals surface area contributed by atoms with Gasteiger partial charge in [0.15, 0.2) is 5.82 Å². The van der Waals surface area contributed by atoms with Crippen LogP contribution in [0.15, 0.2) is 30.5 Å². The average molecular weight is 278 g/mol. The lowest BCUT2D eigenvalue weighted by atomic mass is 10.1. The van der Waals surface area contributed by atoms with Gasteiger partial charge in [0.1, 0.15) is 5.15 Å². The van der Waals surface area contributed by atoms with Crippen LogP contribution in [0.4, 0.5) is 0 Å². The summed E-state index contributed by atoms with van der Waals surface area (Å²) in [6, 6.07) is 8.71. The van der Waals surface area contributed by atoms with Crippen molar-refractivity contribution in [3.63, 3.8) is 0 Å². The highest BCUT2D eigenvalue weighted by Crippen LogP contribution is 2.20. The van der Waals surface area contributed by atoms with E-state index in [1.165, 1.54) is 6.20 Å². The standard InChI is InChI=1S/C12H5Cl2N3O/c13-10-9(11(14)18)6-16-12(17-10)8-3-1-7(5-15)2-4-8/h1-4,6H. The first-order valence-electron chi connectivity index (χ1n) is 4.84. The van der Waals surface area contributed by atoms with E-state index in [4.69, 9.17) is 28.5 Å². The predicted octanol–water partition coefficient (Wildman–Crippen LogP) is 3.05. The zero-order valence-corrected chi connectivity index (χ0v) is 10.4. The molecule has 0 saturated carbocycles. The third-order valence-corrected chi connectivity index (χ3v) is 2.72. The molecule has 1 aromatic carbocycles. The van der Waals surface area contributed by atoms with E-state index in [2.05, 4.69) is 9.97 Å². The Morgan fingerprint density at radius 1 is 1.28 bits per heavy atom. The fourth-order valence-electron chi connectivity index (χ4n) is 1.33. The first-order chi connectivity index (χ1) is 8.61. The molecule has 0 radical (unpaired) electrons. The van der Waals surface area contributed by atoms with Crippen LogP contribution in [-0.4, -0.2) is 15.2 Å². The summed E-state index contributed by atoms with van der Waals surface area (Å²) < 4.78 is 0. The normalized spacial score (nSPS) is 9.83. The highest BCUT2D eigenvalue weighted by Gasteiger charge is 2.11. The van der Waals surface area contributed by atoms with Crippen molar-refractivity contribution >= 4 is 28.4 Å². The maximum absolute atomic E-state index is 11.0. The van der Waals surface area contributed by atoms with Gasteiger partial charge in [0, 0.05) is 11.8 Å². The molecule has 0 N–H and O–H groups in total. The number of nitriles is 1. The first-order valence-corrected chi connectivity index (χ1v) is 5.60. The Labute approximate surface area is 113 Å². The minimum atomic E-state index is -0.702. The third-order valence-electron chi connectivity index (χ3n) is 2.23. The third kappa shape index (κ3) is 2.48. The molecule has 0 spiro atoms. The topological polar surface area (TPSA) is 66.6 Å². The number of rotatable bonds is 2. The molecule has 2 rings (SSSR count). The van der Waals surface area contributed by atoms with E-state index in [0.29, 0.717) is 17.0 Å². The molecule has 1 heterocycles. The lowest BCUT2D eigenvalue weighted by Gasteiger charge is -2.02. The minimum Gasteiger partial charge on any atom is -0.275 e. The molecule has 88 valence electrons. The molecule has 0 atom stereocenters. The second kappa shape index (κ2) is 5.13. The number of aromatic nitrogens is 2. The molecule has 18 heavy (non-hydrogen) atoms. The van der Waals surface area contributed by atoms with Crippen molar-refractivity contribution in [3.8, 4) is 17.5 Å². The predicted molar refractivity (Wildman–Crippen MR) is 67.4 cm³/mol. The summed E-state index contributed by atoms with van der Waals surface area (Å²) in [5.74, 6) is 0.367. The van der Waals surface area contributed by atoms with Gasteiger partial charge in [0.2, 0.25) is 0 Å². The maximum atomic E-state index is 11.0. The smallest absolute Gasteiger partial charge is 0.257 e. The van der Waals surface area contributed by atoms with E-state index in [9.17, 15) is 4.79 Å². The van der Waals surface area contributed by atoms with Crippen molar-refractivity contribution in [2.45, 2.75) is 0 Å². The molecule has 0 aliphatic rings. The van der Waals surface area contributed by atoms with Crippen molar-refractivity contribution in [3.05, 3.63) is 46.7 Å². The van der Waals surface area contributed by atoms with Crippen LogP contribution in [0.3, 0.4) is 0 Å². The van der Waals surface area contributed by atoms with Crippen molar-refractivity contribution < 1.29 is 4.79 Å². The zero-order chi connectivity index (χ0) is 13.1. The molecule has 6 heteroatoms. The highest BCUT2D eigenvalue weighted by molar-refractivity contribution is 6.68. The number of hydrogen-bond acceptors (Lipinski definition) is 4. The van der Waals surface area contributed by atoms with Gasteiger partial charge in [-0.15, -0.1) is 0 Å². The molecule has 0 unspecified atom stereocenters. The monoisotopic (exact) mass is 277 g/mol. The molecule has 0 aliphatic heterocycles. The lowest BCUT2D eigenvalue weighted by molar-refractivity contribution is 0.108. The Morgan fingerprint density at radius 3 is 2.44 bits per heavy atom. The van der Waals surface area contributed by atoms with Gasteiger partial charge in [-0.2, -0.15) is 5.26 Å². The van der Waals surface area contributed by atoms with Crippen LogP contribution in [0.25, 0.3) is 11.4 Å². The Kier molecular flexibility index (Phi) is 3.56. The summed E-state index contributed by atoms with van der Waals surface area (Å²) in [6.45, 7) is 0. The molecular weight excluding hydrogens is 273 g/mol. The number of halogens is 2. The largest absolute Gasteiger partial charge is 0.275 e. The molecule has 2 aromatic rings. The molecule has 0 fully saturated rings. The summed E-state index contributed by atoms with van der Waals surface area (Å²) in [6.07, 6.45) is 1.28.